The molecule has 1 heterocycles. The van der Waals surface area contributed by atoms with Crippen molar-refractivity contribution in [2.45, 2.75) is 51.4 Å². The molecule has 33 heavy (non-hydrogen) atoms. The van der Waals surface area contributed by atoms with Crippen molar-refractivity contribution in [1.29, 1.82) is 0 Å². The summed E-state index contributed by atoms with van der Waals surface area (Å²) < 4.78 is 16.6. The molecular formula is C22H34N2O8Si. The van der Waals surface area contributed by atoms with Crippen molar-refractivity contribution in [3.8, 4) is 11.5 Å². The topological polar surface area (TPSA) is 128 Å². The molecule has 0 aliphatic carbocycles. The van der Waals surface area contributed by atoms with E-state index < -0.39 is 43.4 Å². The number of aliphatic hydroxyl groups excluding tert-OH is 1. The molecule has 0 saturated carbocycles. The second-order valence-electron chi connectivity index (χ2n) is 9.69. The molecule has 11 heteroatoms. The monoisotopic (exact) mass is 482 g/mol. The normalized spacial score (nSPS) is 18.8. The minimum atomic E-state index is -2.15. The Balaban J connectivity index is 2.45. The van der Waals surface area contributed by atoms with Crippen LogP contribution in [0.5, 0.6) is 11.5 Å². The van der Waals surface area contributed by atoms with Crippen molar-refractivity contribution < 1.29 is 33.5 Å². The van der Waals surface area contributed by atoms with Crippen molar-refractivity contribution in [1.82, 2.24) is 4.90 Å². The van der Waals surface area contributed by atoms with Gasteiger partial charge >= 0.3 is 5.69 Å². The Morgan fingerprint density at radius 1 is 1.24 bits per heavy atom. The summed E-state index contributed by atoms with van der Waals surface area (Å²) in [5, 5.41) is 21.1. The maximum Gasteiger partial charge on any atom is 0.327 e. The van der Waals surface area contributed by atoms with Gasteiger partial charge in [-0.05, 0) is 36.7 Å². The first-order valence-electron chi connectivity index (χ1n) is 10.8. The fourth-order valence-electron chi connectivity index (χ4n) is 3.63. The zero-order valence-electron chi connectivity index (χ0n) is 20.3. The second-order valence-corrected chi connectivity index (χ2v) is 14.5. The average molecular weight is 483 g/mol. The number of Topliss-reactive ketones (excluding diaryl/α,β-unsaturated/α-hetero) is 1. The largest absolute Gasteiger partial charge is 0.493 e. The van der Waals surface area contributed by atoms with Gasteiger partial charge in [-0.3, -0.25) is 19.7 Å². The van der Waals surface area contributed by atoms with Gasteiger partial charge in [0.1, 0.15) is 12.2 Å². The Morgan fingerprint density at radius 2 is 1.88 bits per heavy atom. The first-order valence-corrected chi connectivity index (χ1v) is 13.7. The molecule has 10 nitrogen and oxygen atoms in total. The number of hydrogen-bond donors (Lipinski definition) is 1. The molecule has 1 N–H and O–H groups in total. The number of carbonyl (C=O) groups is 2. The van der Waals surface area contributed by atoms with E-state index in [4.69, 9.17) is 13.9 Å². The van der Waals surface area contributed by atoms with Gasteiger partial charge in [0.15, 0.2) is 19.9 Å². The quantitative estimate of drug-likeness (QED) is 0.323. The highest BCUT2D eigenvalue weighted by atomic mass is 28.4. The first-order chi connectivity index (χ1) is 15.3. The summed E-state index contributed by atoms with van der Waals surface area (Å²) >= 11 is 0. The average Bonchev–Trinajstić information content (AvgIpc) is 3.18. The minimum absolute atomic E-state index is 0.0508. The van der Waals surface area contributed by atoms with Gasteiger partial charge in [-0.15, -0.1) is 0 Å². The molecule has 1 aromatic rings. The fourth-order valence-corrected chi connectivity index (χ4v) is 4.67. The number of nitro groups is 1. The van der Waals surface area contributed by atoms with E-state index in [2.05, 4.69) is 33.9 Å². The number of carbonyl (C=O) groups excluding carboxylic acids is 2. The van der Waals surface area contributed by atoms with Gasteiger partial charge in [0.2, 0.25) is 5.75 Å². The standard InChI is InChI=1S/C22H34N2O8Si/c1-22(2,3)33(6,7)32-13-15-10-14(17(26)12-25)11-23(15)21(27)16-8-9-18(30-4)20(31-5)19(16)24(28)29/h8-9,14-15,25H,10-13H2,1-7H3/t14-,15-/m1/s1. The molecule has 1 fully saturated rings. The number of ether oxygens (including phenoxy) is 2. The molecule has 1 aliphatic rings. The maximum atomic E-state index is 13.5. The van der Waals surface area contributed by atoms with Crippen LogP contribution in [0.2, 0.25) is 18.1 Å². The van der Waals surface area contributed by atoms with Crippen LogP contribution in [0.15, 0.2) is 12.1 Å². The number of hydrogen-bond acceptors (Lipinski definition) is 8. The fraction of sp³-hybridized carbons (Fsp3) is 0.636. The van der Waals surface area contributed by atoms with Crippen LogP contribution in [0.3, 0.4) is 0 Å². The Hall–Kier alpha value is -2.50. The van der Waals surface area contributed by atoms with E-state index in [0.29, 0.717) is 6.42 Å². The van der Waals surface area contributed by atoms with Gasteiger partial charge in [-0.25, -0.2) is 0 Å². The summed E-state index contributed by atoms with van der Waals surface area (Å²) in [5.41, 5.74) is -0.657. The van der Waals surface area contributed by atoms with Crippen LogP contribution in [0.4, 0.5) is 5.69 Å². The maximum absolute atomic E-state index is 13.5. The number of aliphatic hydroxyl groups is 1. The number of nitro benzene ring substituents is 1. The predicted octanol–water partition coefficient (Wildman–Crippen LogP) is 3.03. The molecule has 0 aromatic heterocycles. The van der Waals surface area contributed by atoms with Crippen LogP contribution in [-0.4, -0.2) is 75.0 Å². The SMILES string of the molecule is COc1ccc(C(=O)N2C[C@H](C(=O)CO)C[C@@H]2CO[Si](C)(C)C(C)(C)C)c([N+](=O)[O-])c1OC. The number of benzene rings is 1. The molecule has 1 aliphatic heterocycles. The van der Waals surface area contributed by atoms with Gasteiger partial charge < -0.3 is 23.9 Å². The molecule has 1 saturated heterocycles. The van der Waals surface area contributed by atoms with Gasteiger partial charge in [-0.2, -0.15) is 0 Å². The second kappa shape index (κ2) is 10.2. The van der Waals surface area contributed by atoms with Crippen LogP contribution in [0.25, 0.3) is 0 Å². The smallest absolute Gasteiger partial charge is 0.327 e. The summed E-state index contributed by atoms with van der Waals surface area (Å²) in [7, 11) is 0.468. The lowest BCUT2D eigenvalue weighted by atomic mass is 10.0. The van der Waals surface area contributed by atoms with Gasteiger partial charge in [0, 0.05) is 12.5 Å². The molecule has 1 aromatic carbocycles. The number of likely N-dealkylation sites (tertiary alicyclic amines) is 1. The molecule has 2 atom stereocenters. The zero-order valence-corrected chi connectivity index (χ0v) is 21.3. The molecule has 1 amide bonds. The highest BCUT2D eigenvalue weighted by molar-refractivity contribution is 6.74. The molecular weight excluding hydrogens is 448 g/mol. The third-order valence-corrected chi connectivity index (χ3v) is 11.2. The third kappa shape index (κ3) is 5.53. The number of rotatable bonds is 9. The molecule has 2 rings (SSSR count). The highest BCUT2D eigenvalue weighted by Crippen LogP contribution is 2.41. The van der Waals surface area contributed by atoms with E-state index in [1.165, 1.54) is 31.3 Å². The predicted molar refractivity (Wildman–Crippen MR) is 124 cm³/mol. The summed E-state index contributed by atoms with van der Waals surface area (Å²) in [6, 6.07) is 2.31. The van der Waals surface area contributed by atoms with E-state index in [1.54, 1.807) is 0 Å². The van der Waals surface area contributed by atoms with Crippen molar-refractivity contribution in [2.75, 3.05) is 34.0 Å². The minimum Gasteiger partial charge on any atom is -0.493 e. The van der Waals surface area contributed by atoms with E-state index in [1.807, 2.05) is 0 Å². The van der Waals surface area contributed by atoms with E-state index in [-0.39, 0.29) is 41.0 Å². The van der Waals surface area contributed by atoms with Gasteiger partial charge in [0.25, 0.3) is 5.91 Å². The number of nitrogens with zero attached hydrogens (tertiary/aromatic N) is 2. The van der Waals surface area contributed by atoms with Gasteiger partial charge in [0.05, 0.1) is 31.8 Å². The van der Waals surface area contributed by atoms with Crippen LogP contribution >= 0.6 is 0 Å². The number of methoxy groups -OCH3 is 2. The lowest BCUT2D eigenvalue weighted by Crippen LogP contribution is -2.46. The Labute approximate surface area is 195 Å². The molecule has 0 unspecified atom stereocenters. The summed E-state index contributed by atoms with van der Waals surface area (Å²) in [4.78, 5) is 38.4. The van der Waals surface area contributed by atoms with Crippen LogP contribution in [0, 0.1) is 16.0 Å². The van der Waals surface area contributed by atoms with Crippen LogP contribution in [-0.2, 0) is 9.22 Å². The highest BCUT2D eigenvalue weighted by Gasteiger charge is 2.44. The lowest BCUT2D eigenvalue weighted by Gasteiger charge is -2.38. The molecule has 184 valence electrons. The van der Waals surface area contributed by atoms with Crippen molar-refractivity contribution >= 4 is 25.7 Å². The Morgan fingerprint density at radius 3 is 2.36 bits per heavy atom. The van der Waals surface area contributed by atoms with Crippen LogP contribution < -0.4 is 9.47 Å². The van der Waals surface area contributed by atoms with E-state index >= 15 is 0 Å². The third-order valence-electron chi connectivity index (χ3n) is 6.66. The Kier molecular flexibility index (Phi) is 8.25. The van der Waals surface area contributed by atoms with E-state index in [9.17, 15) is 24.8 Å². The first kappa shape index (κ1) is 26.7. The number of ketones is 1. The summed E-state index contributed by atoms with van der Waals surface area (Å²) in [5.74, 6) is -1.55. The zero-order chi connectivity index (χ0) is 25.1. The van der Waals surface area contributed by atoms with Crippen LogP contribution in [0.1, 0.15) is 37.6 Å². The van der Waals surface area contributed by atoms with E-state index in [0.717, 1.165) is 0 Å². The molecule has 0 radical (unpaired) electrons. The summed E-state index contributed by atoms with van der Waals surface area (Å²) in [6.07, 6.45) is 0.320. The van der Waals surface area contributed by atoms with Crippen molar-refractivity contribution in [3.05, 3.63) is 27.8 Å². The number of amides is 1. The summed E-state index contributed by atoms with van der Waals surface area (Å²) in [6.45, 7) is 10.1. The van der Waals surface area contributed by atoms with Crippen molar-refractivity contribution in [3.63, 3.8) is 0 Å². The Bertz CT molecular complexity index is 912. The molecule has 0 spiro atoms. The lowest BCUT2D eigenvalue weighted by molar-refractivity contribution is -0.386. The molecule has 0 bridgehead atoms. The van der Waals surface area contributed by atoms with Gasteiger partial charge in [-0.1, -0.05) is 20.8 Å². The van der Waals surface area contributed by atoms with Crippen molar-refractivity contribution in [2.24, 2.45) is 5.92 Å².